The van der Waals surface area contributed by atoms with Crippen LogP contribution in [0.4, 0.5) is 0 Å². The van der Waals surface area contributed by atoms with Gasteiger partial charge in [0.2, 0.25) is 0 Å². The van der Waals surface area contributed by atoms with Crippen molar-refractivity contribution in [3.05, 3.63) is 23.8 Å². The highest BCUT2D eigenvalue weighted by molar-refractivity contribution is 5.77. The van der Waals surface area contributed by atoms with Gasteiger partial charge in [0.15, 0.2) is 0 Å². The van der Waals surface area contributed by atoms with E-state index < -0.39 is 11.5 Å². The maximum atomic E-state index is 11.1. The topological polar surface area (TPSA) is 104 Å². The first-order chi connectivity index (χ1) is 9.77. The molecule has 118 valence electrons. The van der Waals surface area contributed by atoms with Crippen LogP contribution in [-0.2, 0) is 11.2 Å². The van der Waals surface area contributed by atoms with E-state index in [2.05, 4.69) is 0 Å². The number of nitrogens with two attached hydrogens (primary N) is 1. The lowest BCUT2D eigenvalue weighted by atomic mass is 9.85. The van der Waals surface area contributed by atoms with Crippen LogP contribution in [0.3, 0.4) is 0 Å². The van der Waals surface area contributed by atoms with Gasteiger partial charge in [0.05, 0.1) is 0 Å². The van der Waals surface area contributed by atoms with E-state index >= 15 is 0 Å². The molecular weight excluding hydrogens is 270 g/mol. The van der Waals surface area contributed by atoms with Crippen molar-refractivity contribution in [1.82, 2.24) is 0 Å². The number of benzene rings is 1. The quantitative estimate of drug-likeness (QED) is 0.590. The number of phenols is 2. The molecule has 0 bridgehead atoms. The van der Waals surface area contributed by atoms with Crippen molar-refractivity contribution in [3.63, 3.8) is 0 Å². The molecule has 2 unspecified atom stereocenters. The summed E-state index contributed by atoms with van der Waals surface area (Å²) in [5.41, 5.74) is 5.12. The van der Waals surface area contributed by atoms with Crippen LogP contribution < -0.4 is 5.73 Å². The molecule has 1 rings (SSSR count). The minimum absolute atomic E-state index is 0.0947. The molecule has 0 amide bonds. The Morgan fingerprint density at radius 1 is 1.33 bits per heavy atom. The van der Waals surface area contributed by atoms with E-state index in [9.17, 15) is 15.0 Å². The largest absolute Gasteiger partial charge is 0.508 e. The molecule has 2 atom stereocenters. The van der Waals surface area contributed by atoms with Crippen LogP contribution in [0.25, 0.3) is 0 Å². The summed E-state index contributed by atoms with van der Waals surface area (Å²) in [4.78, 5) is 11.1. The fourth-order valence-electron chi connectivity index (χ4n) is 2.52. The van der Waals surface area contributed by atoms with Crippen LogP contribution in [0, 0.1) is 5.92 Å². The van der Waals surface area contributed by atoms with Crippen molar-refractivity contribution in [3.8, 4) is 11.5 Å². The van der Waals surface area contributed by atoms with Crippen molar-refractivity contribution in [2.24, 2.45) is 11.7 Å². The SMILES string of the molecule is CCC(CCCc1c(O)cccc1O)CC(C)(N)C(=O)O. The maximum absolute atomic E-state index is 11.1. The Balaban J connectivity index is 2.55. The number of phenolic OH excluding ortho intramolecular Hbond substituents is 2. The molecule has 1 aromatic rings. The summed E-state index contributed by atoms with van der Waals surface area (Å²) < 4.78 is 0. The Morgan fingerprint density at radius 2 is 1.90 bits per heavy atom. The number of rotatable bonds is 8. The molecule has 0 aliphatic heterocycles. The number of carbonyl (C=O) groups is 1. The fourth-order valence-corrected chi connectivity index (χ4v) is 2.52. The summed E-state index contributed by atoms with van der Waals surface area (Å²) in [5, 5.41) is 28.5. The van der Waals surface area contributed by atoms with Crippen molar-refractivity contribution in [2.45, 2.75) is 51.5 Å². The third-order valence-corrected chi connectivity index (χ3v) is 3.94. The predicted octanol–water partition coefficient (Wildman–Crippen LogP) is 2.64. The van der Waals surface area contributed by atoms with E-state index in [0.717, 1.165) is 19.3 Å². The normalized spacial score (nSPS) is 15.4. The summed E-state index contributed by atoms with van der Waals surface area (Å²) >= 11 is 0. The number of carboxylic acids is 1. The van der Waals surface area contributed by atoms with E-state index in [4.69, 9.17) is 10.8 Å². The zero-order chi connectivity index (χ0) is 16.0. The molecule has 0 aromatic heterocycles. The Kier molecular flexibility index (Phi) is 6.03. The average molecular weight is 295 g/mol. The molecule has 0 saturated carbocycles. The van der Waals surface area contributed by atoms with Crippen LogP contribution in [0.2, 0.25) is 0 Å². The van der Waals surface area contributed by atoms with Gasteiger partial charge in [-0.15, -0.1) is 0 Å². The van der Waals surface area contributed by atoms with Gasteiger partial charge in [0.1, 0.15) is 17.0 Å². The molecule has 0 saturated heterocycles. The average Bonchev–Trinajstić information content (AvgIpc) is 2.40. The van der Waals surface area contributed by atoms with Crippen LogP contribution in [-0.4, -0.2) is 26.8 Å². The van der Waals surface area contributed by atoms with Gasteiger partial charge in [-0.3, -0.25) is 4.79 Å². The van der Waals surface area contributed by atoms with E-state index in [-0.39, 0.29) is 17.4 Å². The minimum Gasteiger partial charge on any atom is -0.508 e. The molecule has 0 aliphatic rings. The standard InChI is InChI=1S/C16H25NO4/c1-3-11(10-16(2,17)15(20)21)6-4-7-12-13(18)8-5-9-14(12)19/h5,8-9,11,18-19H,3-4,6-7,10,17H2,1-2H3,(H,20,21). The summed E-state index contributed by atoms with van der Waals surface area (Å²) in [7, 11) is 0. The second-order valence-electron chi connectivity index (χ2n) is 5.87. The van der Waals surface area contributed by atoms with Crippen LogP contribution in [0.15, 0.2) is 18.2 Å². The molecule has 0 fully saturated rings. The molecule has 0 heterocycles. The highest BCUT2D eigenvalue weighted by Gasteiger charge is 2.30. The highest BCUT2D eigenvalue weighted by atomic mass is 16.4. The van der Waals surface area contributed by atoms with Gasteiger partial charge in [0.25, 0.3) is 0 Å². The Hall–Kier alpha value is -1.75. The molecule has 0 aliphatic carbocycles. The number of hydrogen-bond donors (Lipinski definition) is 4. The van der Waals surface area contributed by atoms with E-state index in [1.807, 2.05) is 6.92 Å². The van der Waals surface area contributed by atoms with Crippen molar-refractivity contribution in [1.29, 1.82) is 0 Å². The van der Waals surface area contributed by atoms with Gasteiger partial charge in [-0.1, -0.05) is 25.8 Å². The first-order valence-electron chi connectivity index (χ1n) is 7.30. The molecule has 0 spiro atoms. The summed E-state index contributed by atoms with van der Waals surface area (Å²) in [6.45, 7) is 3.55. The second kappa shape index (κ2) is 7.31. The van der Waals surface area contributed by atoms with E-state index in [1.165, 1.54) is 6.92 Å². The lowest BCUT2D eigenvalue weighted by Gasteiger charge is -2.25. The number of carboxylic acid groups (broad SMARTS) is 1. The van der Waals surface area contributed by atoms with E-state index in [1.54, 1.807) is 18.2 Å². The number of aromatic hydroxyl groups is 2. The van der Waals surface area contributed by atoms with Gasteiger partial charge in [-0.2, -0.15) is 0 Å². The first kappa shape index (κ1) is 17.3. The maximum Gasteiger partial charge on any atom is 0.323 e. The van der Waals surface area contributed by atoms with Gasteiger partial charge in [0, 0.05) is 5.56 Å². The van der Waals surface area contributed by atoms with Crippen LogP contribution in [0.5, 0.6) is 11.5 Å². The third kappa shape index (κ3) is 4.93. The molecule has 5 heteroatoms. The summed E-state index contributed by atoms with van der Waals surface area (Å²) in [6, 6.07) is 4.69. The van der Waals surface area contributed by atoms with Gasteiger partial charge >= 0.3 is 5.97 Å². The Morgan fingerprint density at radius 3 is 2.38 bits per heavy atom. The van der Waals surface area contributed by atoms with Crippen molar-refractivity contribution < 1.29 is 20.1 Å². The predicted molar refractivity (Wildman–Crippen MR) is 81.3 cm³/mol. The fraction of sp³-hybridized carbons (Fsp3) is 0.562. The molecule has 21 heavy (non-hydrogen) atoms. The molecule has 5 N–H and O–H groups in total. The van der Waals surface area contributed by atoms with Gasteiger partial charge < -0.3 is 21.1 Å². The molecule has 1 aromatic carbocycles. The lowest BCUT2D eigenvalue weighted by Crippen LogP contribution is -2.46. The monoisotopic (exact) mass is 295 g/mol. The first-order valence-corrected chi connectivity index (χ1v) is 7.30. The van der Waals surface area contributed by atoms with Gasteiger partial charge in [-0.05, 0) is 44.2 Å². The zero-order valence-electron chi connectivity index (χ0n) is 12.7. The second-order valence-corrected chi connectivity index (χ2v) is 5.87. The zero-order valence-corrected chi connectivity index (χ0v) is 12.7. The summed E-state index contributed by atoms with van der Waals surface area (Å²) in [6.07, 6.45) is 3.41. The molecule has 0 radical (unpaired) electrons. The summed E-state index contributed by atoms with van der Waals surface area (Å²) in [5.74, 6) is -0.585. The molecular formula is C16H25NO4. The van der Waals surface area contributed by atoms with E-state index in [0.29, 0.717) is 18.4 Å². The Bertz CT molecular complexity index is 465. The third-order valence-electron chi connectivity index (χ3n) is 3.94. The lowest BCUT2D eigenvalue weighted by molar-refractivity contribution is -0.143. The van der Waals surface area contributed by atoms with Crippen molar-refractivity contribution >= 4 is 5.97 Å². The number of hydrogen-bond acceptors (Lipinski definition) is 4. The van der Waals surface area contributed by atoms with Crippen LogP contribution >= 0.6 is 0 Å². The van der Waals surface area contributed by atoms with Crippen molar-refractivity contribution in [2.75, 3.05) is 0 Å². The highest BCUT2D eigenvalue weighted by Crippen LogP contribution is 2.29. The Labute approximate surface area is 125 Å². The molecule has 5 nitrogen and oxygen atoms in total. The van der Waals surface area contributed by atoms with Crippen LogP contribution in [0.1, 0.15) is 45.1 Å². The minimum atomic E-state index is -1.21. The smallest absolute Gasteiger partial charge is 0.323 e. The van der Waals surface area contributed by atoms with Gasteiger partial charge in [-0.25, -0.2) is 0 Å². The number of aliphatic carboxylic acids is 1.